The second-order valence-corrected chi connectivity index (χ2v) is 9.74. The average Bonchev–Trinajstić information content (AvgIpc) is 3.61. The molecule has 0 amide bonds. The molecule has 3 heterocycles. The quantitative estimate of drug-likeness (QED) is 0.309. The van der Waals surface area contributed by atoms with Gasteiger partial charge in [0.15, 0.2) is 0 Å². The van der Waals surface area contributed by atoms with E-state index in [4.69, 9.17) is 4.74 Å². The highest BCUT2D eigenvalue weighted by molar-refractivity contribution is 6.17. The van der Waals surface area contributed by atoms with Gasteiger partial charge in [0.25, 0.3) is 0 Å². The molecule has 2 aliphatic heterocycles. The van der Waals surface area contributed by atoms with E-state index in [0.29, 0.717) is 36.8 Å². The summed E-state index contributed by atoms with van der Waals surface area (Å²) in [5.74, 6) is 1.03. The molecule has 4 aliphatic rings. The Morgan fingerprint density at radius 3 is 2.76 bits per heavy atom. The first-order valence-corrected chi connectivity index (χ1v) is 12.9. The van der Waals surface area contributed by atoms with E-state index < -0.39 is 0 Å². The molecule has 0 bridgehead atoms. The molecule has 1 atom stereocenters. The fraction of sp³-hybridized carbons (Fsp3) is 0.414. The number of morpholine rings is 1. The molecule has 2 aliphatic carbocycles. The van der Waals surface area contributed by atoms with Crippen LogP contribution in [-0.4, -0.2) is 91.4 Å². The van der Waals surface area contributed by atoms with Gasteiger partial charge >= 0.3 is 0 Å². The molecule has 2 N–H and O–H groups in total. The third-order valence-electron chi connectivity index (χ3n) is 7.42. The zero-order valence-corrected chi connectivity index (χ0v) is 21.6. The maximum Gasteiger partial charge on any atom is 0.139 e. The third kappa shape index (κ3) is 5.16. The SMILES string of the molecule is C=Nc1[nH]c(C2=CC=C(N3CCOCC3)[C@@H]3C=C23)cc1C(=NC)C(/C=C(/C#N)CCN1CC(O)C1)=C/C. The van der Waals surface area contributed by atoms with Gasteiger partial charge in [-0.2, -0.15) is 5.26 Å². The van der Waals surface area contributed by atoms with Crippen molar-refractivity contribution >= 4 is 23.8 Å². The molecule has 192 valence electrons. The van der Waals surface area contributed by atoms with Crippen molar-refractivity contribution in [2.75, 3.05) is 53.0 Å². The number of aliphatic imine (C=N–C) groups is 2. The summed E-state index contributed by atoms with van der Waals surface area (Å²) in [6.07, 6.45) is 11.0. The van der Waals surface area contributed by atoms with Crippen molar-refractivity contribution in [1.82, 2.24) is 14.8 Å². The number of hydrogen-bond acceptors (Lipinski definition) is 7. The Hall–Kier alpha value is -3.51. The monoisotopic (exact) mass is 498 g/mol. The van der Waals surface area contributed by atoms with Gasteiger partial charge < -0.3 is 19.7 Å². The second-order valence-electron chi connectivity index (χ2n) is 9.74. The molecule has 37 heavy (non-hydrogen) atoms. The van der Waals surface area contributed by atoms with Crippen LogP contribution in [0.4, 0.5) is 5.82 Å². The van der Waals surface area contributed by atoms with Crippen molar-refractivity contribution in [1.29, 1.82) is 5.26 Å². The second kappa shape index (κ2) is 10.9. The summed E-state index contributed by atoms with van der Waals surface area (Å²) in [5, 5.41) is 19.3. The van der Waals surface area contributed by atoms with Gasteiger partial charge in [0.2, 0.25) is 0 Å². The average molecular weight is 499 g/mol. The number of likely N-dealkylation sites (tertiary alicyclic amines) is 1. The number of aliphatic hydroxyl groups excluding tert-OH is 1. The minimum atomic E-state index is -0.241. The Bertz CT molecular complexity index is 1290. The Morgan fingerprint density at radius 2 is 2.11 bits per heavy atom. The molecule has 2 fully saturated rings. The number of nitriles is 1. The van der Waals surface area contributed by atoms with Gasteiger partial charge in [-0.3, -0.25) is 9.89 Å². The van der Waals surface area contributed by atoms with Gasteiger partial charge in [-0.1, -0.05) is 18.2 Å². The van der Waals surface area contributed by atoms with Gasteiger partial charge in [0.1, 0.15) is 5.82 Å². The molecule has 1 aromatic rings. The van der Waals surface area contributed by atoms with Crippen LogP contribution < -0.4 is 0 Å². The number of nitrogens with zero attached hydrogens (tertiary/aromatic N) is 5. The van der Waals surface area contributed by atoms with Crippen molar-refractivity contribution in [2.45, 2.75) is 19.4 Å². The Morgan fingerprint density at radius 1 is 1.32 bits per heavy atom. The van der Waals surface area contributed by atoms with E-state index in [2.05, 4.69) is 61.8 Å². The van der Waals surface area contributed by atoms with Crippen LogP contribution in [0, 0.1) is 17.2 Å². The van der Waals surface area contributed by atoms with E-state index in [1.54, 1.807) is 7.05 Å². The summed E-state index contributed by atoms with van der Waals surface area (Å²) < 4.78 is 5.51. The van der Waals surface area contributed by atoms with Crippen LogP contribution in [0.15, 0.2) is 68.8 Å². The van der Waals surface area contributed by atoms with Gasteiger partial charge in [-0.15, -0.1) is 0 Å². The molecule has 0 spiro atoms. The Balaban J connectivity index is 1.38. The molecule has 0 saturated carbocycles. The van der Waals surface area contributed by atoms with Crippen LogP contribution in [0.2, 0.25) is 0 Å². The highest BCUT2D eigenvalue weighted by atomic mass is 16.5. The number of β-amino-alcohol motifs (C(OH)–C–C–N with tert-alkyl or cyclic N) is 1. The molecule has 2 saturated heterocycles. The lowest BCUT2D eigenvalue weighted by molar-refractivity contribution is 0.00325. The number of aromatic nitrogens is 1. The number of rotatable bonds is 9. The number of hydrogen-bond donors (Lipinski definition) is 2. The minimum Gasteiger partial charge on any atom is -0.390 e. The summed E-state index contributed by atoms with van der Waals surface area (Å²) in [4.78, 5) is 16.9. The summed E-state index contributed by atoms with van der Waals surface area (Å²) in [6.45, 7) is 11.3. The number of fused-ring (bicyclic) bond motifs is 1. The van der Waals surface area contributed by atoms with E-state index in [9.17, 15) is 10.4 Å². The molecule has 5 rings (SSSR count). The van der Waals surface area contributed by atoms with Gasteiger partial charge in [-0.25, -0.2) is 4.99 Å². The molecule has 0 unspecified atom stereocenters. The minimum absolute atomic E-state index is 0.241. The van der Waals surface area contributed by atoms with Crippen LogP contribution in [0.1, 0.15) is 24.6 Å². The molecule has 1 aromatic heterocycles. The van der Waals surface area contributed by atoms with Crippen molar-refractivity contribution < 1.29 is 9.84 Å². The van der Waals surface area contributed by atoms with Gasteiger partial charge in [0.05, 0.1) is 31.1 Å². The molecule has 0 radical (unpaired) electrons. The number of allylic oxidation sites excluding steroid dienone is 7. The maximum atomic E-state index is 9.76. The van der Waals surface area contributed by atoms with Crippen molar-refractivity contribution in [3.05, 3.63) is 70.1 Å². The van der Waals surface area contributed by atoms with E-state index >= 15 is 0 Å². The van der Waals surface area contributed by atoms with Crippen molar-refractivity contribution in [2.24, 2.45) is 15.9 Å². The van der Waals surface area contributed by atoms with E-state index in [1.165, 1.54) is 16.8 Å². The van der Waals surface area contributed by atoms with Gasteiger partial charge in [0, 0.05) is 73.8 Å². The van der Waals surface area contributed by atoms with Crippen LogP contribution in [0.25, 0.3) is 5.57 Å². The first kappa shape index (κ1) is 25.2. The van der Waals surface area contributed by atoms with Crippen LogP contribution in [-0.2, 0) is 4.74 Å². The van der Waals surface area contributed by atoms with Crippen molar-refractivity contribution in [3.8, 4) is 6.07 Å². The van der Waals surface area contributed by atoms with Crippen LogP contribution in [0.3, 0.4) is 0 Å². The normalized spacial score (nSPS) is 23.0. The van der Waals surface area contributed by atoms with E-state index in [-0.39, 0.29) is 6.10 Å². The first-order chi connectivity index (χ1) is 18.1. The highest BCUT2D eigenvalue weighted by Gasteiger charge is 2.37. The molecule has 8 heteroatoms. The predicted octanol–water partition coefficient (Wildman–Crippen LogP) is 3.40. The fourth-order valence-electron chi connectivity index (χ4n) is 5.31. The molecular formula is C29H34N6O2. The van der Waals surface area contributed by atoms with E-state index in [0.717, 1.165) is 55.4 Å². The van der Waals surface area contributed by atoms with Crippen LogP contribution in [0.5, 0.6) is 0 Å². The van der Waals surface area contributed by atoms with Gasteiger partial charge in [-0.05, 0) is 49.4 Å². The zero-order valence-electron chi connectivity index (χ0n) is 21.6. The largest absolute Gasteiger partial charge is 0.390 e. The topological polar surface area (TPSA) is 100 Å². The number of nitrogens with one attached hydrogen (secondary N) is 1. The zero-order chi connectivity index (χ0) is 25.9. The summed E-state index contributed by atoms with van der Waals surface area (Å²) in [5.41, 5.74) is 8.02. The first-order valence-electron chi connectivity index (χ1n) is 12.9. The number of aromatic amines is 1. The standard InChI is InChI=1S/C29H34N6O2/c1-4-20(13-19(16-30)7-8-34-17-21(36)18-34)28(31-2)25-15-26(33-29(25)32-3)22-5-6-27(24-14-23(22)24)35-9-11-37-12-10-35/h4-6,13-15,21,24,33,36H,3,7-12,17-18H2,1-2H3/b19-13+,20-4+,31-28?/t24-/m1/s1. The third-order valence-corrected chi connectivity index (χ3v) is 7.42. The number of H-pyrrole nitrogens is 1. The summed E-state index contributed by atoms with van der Waals surface area (Å²) in [7, 11) is 1.76. The number of aliphatic hydroxyl groups is 1. The Kier molecular flexibility index (Phi) is 7.38. The Labute approximate surface area is 218 Å². The lowest BCUT2D eigenvalue weighted by atomic mass is 9.96. The highest BCUT2D eigenvalue weighted by Crippen LogP contribution is 2.49. The van der Waals surface area contributed by atoms with Crippen LogP contribution >= 0.6 is 0 Å². The van der Waals surface area contributed by atoms with Crippen molar-refractivity contribution in [3.63, 3.8) is 0 Å². The number of ether oxygens (including phenoxy) is 1. The lowest BCUT2D eigenvalue weighted by Gasteiger charge is -2.35. The molecule has 0 aromatic carbocycles. The van der Waals surface area contributed by atoms with E-state index in [1.807, 2.05) is 19.1 Å². The lowest BCUT2D eigenvalue weighted by Crippen LogP contribution is -2.50. The molecular weight excluding hydrogens is 464 g/mol. The maximum absolute atomic E-state index is 9.76. The smallest absolute Gasteiger partial charge is 0.139 e. The fourth-order valence-corrected chi connectivity index (χ4v) is 5.31. The summed E-state index contributed by atoms with van der Waals surface area (Å²) >= 11 is 0. The predicted molar refractivity (Wildman–Crippen MR) is 147 cm³/mol. The molecule has 8 nitrogen and oxygen atoms in total. The summed E-state index contributed by atoms with van der Waals surface area (Å²) in [6, 6.07) is 4.43.